The van der Waals surface area contributed by atoms with Gasteiger partial charge in [-0.05, 0) is 6.07 Å². The van der Waals surface area contributed by atoms with Crippen molar-refractivity contribution in [1.82, 2.24) is 0 Å². The quantitative estimate of drug-likeness (QED) is 0.473. The Morgan fingerprint density at radius 2 is 2.29 bits per heavy atom. The Bertz CT molecular complexity index is 428. The van der Waals surface area contributed by atoms with Crippen LogP contribution in [0, 0.1) is 21.4 Å². The van der Waals surface area contributed by atoms with Crippen molar-refractivity contribution in [3.63, 3.8) is 0 Å². The predicted molar refractivity (Wildman–Crippen MR) is 55.5 cm³/mol. The lowest BCUT2D eigenvalue weighted by atomic mass is 10.1. The Morgan fingerprint density at radius 3 is 2.71 bits per heavy atom. The van der Waals surface area contributed by atoms with E-state index < -0.39 is 4.92 Å². The zero-order chi connectivity index (χ0) is 10.7. The summed E-state index contributed by atoms with van der Waals surface area (Å²) in [5.74, 6) is 0. The first-order chi connectivity index (χ1) is 6.61. The summed E-state index contributed by atoms with van der Waals surface area (Å²) in [5.41, 5.74) is 0.612. The highest BCUT2D eigenvalue weighted by Gasteiger charge is 2.18. The Morgan fingerprint density at radius 1 is 1.64 bits per heavy atom. The van der Waals surface area contributed by atoms with E-state index in [2.05, 4.69) is 15.9 Å². The molecule has 1 aromatic carbocycles. The first-order valence-corrected chi connectivity index (χ1v) is 5.03. The molecule has 0 fully saturated rings. The standard InChI is InChI=1S/C8H4BrClN2O2/c9-3-6-5(4-11)1-2-7(8(6)10)12(13)14/h1-2H,3H2. The number of halogens is 2. The molecule has 0 aliphatic heterocycles. The molecule has 4 nitrogen and oxygen atoms in total. The third-order valence-electron chi connectivity index (χ3n) is 1.67. The lowest BCUT2D eigenvalue weighted by molar-refractivity contribution is -0.384. The highest BCUT2D eigenvalue weighted by Crippen LogP contribution is 2.31. The average Bonchev–Trinajstić information content (AvgIpc) is 2.16. The Labute approximate surface area is 93.4 Å². The molecule has 0 N–H and O–H groups in total. The first-order valence-electron chi connectivity index (χ1n) is 3.53. The minimum absolute atomic E-state index is 0.0194. The van der Waals surface area contributed by atoms with Crippen molar-refractivity contribution in [3.05, 3.63) is 38.4 Å². The molecule has 0 unspecified atom stereocenters. The van der Waals surface area contributed by atoms with Crippen LogP contribution in [0.5, 0.6) is 0 Å². The maximum absolute atomic E-state index is 10.5. The minimum Gasteiger partial charge on any atom is -0.258 e. The van der Waals surface area contributed by atoms with Crippen molar-refractivity contribution in [2.24, 2.45) is 0 Å². The number of hydrogen-bond acceptors (Lipinski definition) is 3. The van der Waals surface area contributed by atoms with Crippen molar-refractivity contribution in [2.75, 3.05) is 0 Å². The lowest BCUT2D eigenvalue weighted by Gasteiger charge is -2.02. The SMILES string of the molecule is N#Cc1ccc([N+](=O)[O-])c(Cl)c1CBr. The molecule has 0 atom stereocenters. The molecule has 0 amide bonds. The topological polar surface area (TPSA) is 66.9 Å². The van der Waals surface area contributed by atoms with Gasteiger partial charge in [0.2, 0.25) is 0 Å². The molecule has 14 heavy (non-hydrogen) atoms. The summed E-state index contributed by atoms with van der Waals surface area (Å²) in [5, 5.41) is 19.6. The Hall–Kier alpha value is -1.12. The molecule has 0 spiro atoms. The zero-order valence-electron chi connectivity index (χ0n) is 6.83. The molecule has 1 rings (SSSR count). The summed E-state index contributed by atoms with van der Waals surface area (Å²) in [4.78, 5) is 9.94. The molecule has 0 saturated carbocycles. The van der Waals surface area contributed by atoms with Crippen LogP contribution >= 0.6 is 27.5 Å². The normalized spacial score (nSPS) is 9.50. The van der Waals surface area contributed by atoms with E-state index in [1.165, 1.54) is 12.1 Å². The van der Waals surface area contributed by atoms with Crippen LogP contribution in [0.15, 0.2) is 12.1 Å². The van der Waals surface area contributed by atoms with Crippen LogP contribution in [0.25, 0.3) is 0 Å². The monoisotopic (exact) mass is 274 g/mol. The maximum Gasteiger partial charge on any atom is 0.288 e. The number of rotatable bonds is 2. The predicted octanol–water partition coefficient (Wildman–Crippen LogP) is 3.01. The van der Waals surface area contributed by atoms with E-state index >= 15 is 0 Å². The van der Waals surface area contributed by atoms with Crippen LogP contribution in [-0.4, -0.2) is 4.92 Å². The van der Waals surface area contributed by atoms with Gasteiger partial charge in [-0.25, -0.2) is 0 Å². The summed E-state index contributed by atoms with van der Waals surface area (Å²) in [6.07, 6.45) is 0. The second kappa shape index (κ2) is 4.40. The third-order valence-corrected chi connectivity index (χ3v) is 2.66. The van der Waals surface area contributed by atoms with Gasteiger partial charge in [-0.15, -0.1) is 0 Å². The molecule has 0 bridgehead atoms. The van der Waals surface area contributed by atoms with Crippen molar-refractivity contribution in [1.29, 1.82) is 5.26 Å². The summed E-state index contributed by atoms with van der Waals surface area (Å²) >= 11 is 8.89. The van der Waals surface area contributed by atoms with E-state index in [1.807, 2.05) is 6.07 Å². The molecular formula is C8H4BrClN2O2. The van der Waals surface area contributed by atoms with Crippen molar-refractivity contribution < 1.29 is 4.92 Å². The van der Waals surface area contributed by atoms with E-state index in [-0.39, 0.29) is 10.7 Å². The summed E-state index contributed by atoms with van der Waals surface area (Å²) in [6, 6.07) is 4.54. The number of nitriles is 1. The Kier molecular flexibility index (Phi) is 3.44. The van der Waals surface area contributed by atoms with E-state index in [0.29, 0.717) is 16.5 Å². The van der Waals surface area contributed by atoms with E-state index in [0.717, 1.165) is 0 Å². The van der Waals surface area contributed by atoms with Crippen LogP contribution in [0.3, 0.4) is 0 Å². The summed E-state index contributed by atoms with van der Waals surface area (Å²) in [6.45, 7) is 0. The van der Waals surface area contributed by atoms with Crippen LogP contribution < -0.4 is 0 Å². The van der Waals surface area contributed by atoms with Gasteiger partial charge in [0, 0.05) is 17.0 Å². The summed E-state index contributed by atoms with van der Waals surface area (Å²) < 4.78 is 0. The minimum atomic E-state index is -0.574. The van der Waals surface area contributed by atoms with Crippen LogP contribution in [0.2, 0.25) is 5.02 Å². The van der Waals surface area contributed by atoms with Gasteiger partial charge in [0.1, 0.15) is 5.02 Å². The fourth-order valence-electron chi connectivity index (χ4n) is 0.985. The summed E-state index contributed by atoms with van der Waals surface area (Å²) in [7, 11) is 0. The van der Waals surface area contributed by atoms with Crippen molar-refractivity contribution >= 4 is 33.2 Å². The number of nitro groups is 1. The van der Waals surface area contributed by atoms with Gasteiger partial charge < -0.3 is 0 Å². The Balaban J connectivity index is 3.44. The van der Waals surface area contributed by atoms with Crippen LogP contribution in [0.1, 0.15) is 11.1 Å². The molecule has 72 valence electrons. The second-order valence-corrected chi connectivity index (χ2v) is 3.37. The number of nitrogens with zero attached hydrogens (tertiary/aromatic N) is 2. The van der Waals surface area contributed by atoms with Crippen molar-refractivity contribution in [2.45, 2.75) is 5.33 Å². The second-order valence-electron chi connectivity index (χ2n) is 2.43. The van der Waals surface area contributed by atoms with Crippen LogP contribution in [0.4, 0.5) is 5.69 Å². The van der Waals surface area contributed by atoms with Gasteiger partial charge in [-0.2, -0.15) is 5.26 Å². The molecule has 0 heterocycles. The highest BCUT2D eigenvalue weighted by atomic mass is 79.9. The van der Waals surface area contributed by atoms with Gasteiger partial charge >= 0.3 is 0 Å². The highest BCUT2D eigenvalue weighted by molar-refractivity contribution is 9.08. The molecule has 6 heteroatoms. The number of benzene rings is 1. The van der Waals surface area contributed by atoms with Gasteiger partial charge in [0.15, 0.2) is 0 Å². The van der Waals surface area contributed by atoms with Gasteiger partial charge in [-0.1, -0.05) is 27.5 Å². The molecule has 0 aliphatic rings. The van der Waals surface area contributed by atoms with E-state index in [4.69, 9.17) is 16.9 Å². The first kappa shape index (κ1) is 11.0. The largest absolute Gasteiger partial charge is 0.288 e. The molecule has 0 saturated heterocycles. The van der Waals surface area contributed by atoms with E-state index in [9.17, 15) is 10.1 Å². The fraction of sp³-hybridized carbons (Fsp3) is 0.125. The van der Waals surface area contributed by atoms with E-state index in [1.54, 1.807) is 0 Å². The fourth-order valence-corrected chi connectivity index (χ4v) is 2.03. The van der Waals surface area contributed by atoms with Crippen molar-refractivity contribution in [3.8, 4) is 6.07 Å². The zero-order valence-corrected chi connectivity index (χ0v) is 9.17. The lowest BCUT2D eigenvalue weighted by Crippen LogP contribution is -1.94. The maximum atomic E-state index is 10.5. The molecule has 0 aliphatic carbocycles. The van der Waals surface area contributed by atoms with Gasteiger partial charge in [0.25, 0.3) is 5.69 Å². The molecular weight excluding hydrogens is 271 g/mol. The van der Waals surface area contributed by atoms with Gasteiger partial charge in [-0.3, -0.25) is 10.1 Å². The number of hydrogen-bond donors (Lipinski definition) is 0. The average molecular weight is 275 g/mol. The molecule has 0 radical (unpaired) electrons. The molecule has 1 aromatic rings. The number of nitro benzene ring substituents is 1. The smallest absolute Gasteiger partial charge is 0.258 e. The molecule has 0 aromatic heterocycles. The van der Waals surface area contributed by atoms with Crippen LogP contribution in [-0.2, 0) is 5.33 Å². The van der Waals surface area contributed by atoms with Gasteiger partial charge in [0.05, 0.1) is 16.6 Å². The number of alkyl halides is 1. The third kappa shape index (κ3) is 1.86.